The molecule has 1 aromatic heterocycles. The van der Waals surface area contributed by atoms with Gasteiger partial charge in [-0.2, -0.15) is 0 Å². The molecule has 3 amide bonds. The fraction of sp³-hybridized carbons (Fsp3) is 0.333. The second-order valence-electron chi connectivity index (χ2n) is 8.05. The quantitative estimate of drug-likeness (QED) is 0.554. The Balaban J connectivity index is 1.85. The van der Waals surface area contributed by atoms with E-state index in [1.807, 2.05) is 6.92 Å². The van der Waals surface area contributed by atoms with Gasteiger partial charge < -0.3 is 20.5 Å². The summed E-state index contributed by atoms with van der Waals surface area (Å²) in [5.41, 5.74) is 1.91. The van der Waals surface area contributed by atoms with E-state index in [2.05, 4.69) is 20.9 Å². The zero-order chi connectivity index (χ0) is 23.5. The summed E-state index contributed by atoms with van der Waals surface area (Å²) in [5, 5.41) is 8.33. The zero-order valence-electron chi connectivity index (χ0n) is 18.6. The van der Waals surface area contributed by atoms with Crippen LogP contribution in [0.25, 0.3) is 22.4 Å². The molecule has 0 radical (unpaired) electrons. The minimum absolute atomic E-state index is 0.217. The van der Waals surface area contributed by atoms with Crippen molar-refractivity contribution in [3.05, 3.63) is 47.8 Å². The number of aromatic nitrogens is 2. The van der Waals surface area contributed by atoms with Gasteiger partial charge in [-0.3, -0.25) is 14.4 Å². The van der Waals surface area contributed by atoms with Crippen molar-refractivity contribution in [2.75, 3.05) is 11.9 Å². The summed E-state index contributed by atoms with van der Waals surface area (Å²) in [6.45, 7) is 4.27. The highest BCUT2D eigenvalue weighted by molar-refractivity contribution is 6.09. The van der Waals surface area contributed by atoms with Gasteiger partial charge in [-0.25, -0.2) is 9.37 Å². The summed E-state index contributed by atoms with van der Waals surface area (Å²) in [6.07, 6.45) is 2.21. The van der Waals surface area contributed by atoms with E-state index >= 15 is 0 Å². The van der Waals surface area contributed by atoms with Gasteiger partial charge in [0.05, 0.1) is 22.2 Å². The summed E-state index contributed by atoms with van der Waals surface area (Å²) in [6, 6.07) is 8.88. The molecule has 172 valence electrons. The first-order valence-corrected chi connectivity index (χ1v) is 11.0. The molecule has 1 fully saturated rings. The number of rotatable bonds is 5. The van der Waals surface area contributed by atoms with Crippen LogP contribution in [-0.2, 0) is 16.1 Å². The number of aryl methyl sites for hydroxylation is 1. The van der Waals surface area contributed by atoms with Crippen LogP contribution in [0.4, 0.5) is 10.1 Å². The summed E-state index contributed by atoms with van der Waals surface area (Å²) in [5.74, 6) is -1.01. The molecule has 2 aromatic carbocycles. The van der Waals surface area contributed by atoms with Crippen molar-refractivity contribution in [1.82, 2.24) is 20.2 Å². The lowest BCUT2D eigenvalue weighted by Gasteiger charge is -2.17. The van der Waals surface area contributed by atoms with Gasteiger partial charge in [-0.05, 0) is 50.5 Å². The molecule has 0 bridgehead atoms. The minimum atomic E-state index is -0.650. The van der Waals surface area contributed by atoms with Crippen LogP contribution < -0.4 is 16.0 Å². The molecule has 3 aromatic rings. The number of carbonyl (C=O) groups excluding carboxylic acids is 3. The molecule has 0 aliphatic carbocycles. The van der Waals surface area contributed by atoms with Crippen molar-refractivity contribution >= 4 is 34.4 Å². The van der Waals surface area contributed by atoms with E-state index in [1.165, 1.54) is 13.0 Å². The van der Waals surface area contributed by atoms with E-state index < -0.39 is 17.8 Å². The Labute approximate surface area is 190 Å². The number of carbonyl (C=O) groups is 3. The second-order valence-corrected chi connectivity index (χ2v) is 8.05. The van der Waals surface area contributed by atoms with Crippen molar-refractivity contribution in [3.8, 4) is 11.4 Å². The maximum Gasteiger partial charge on any atom is 0.254 e. The second kappa shape index (κ2) is 9.40. The summed E-state index contributed by atoms with van der Waals surface area (Å²) in [7, 11) is 0. The van der Waals surface area contributed by atoms with Crippen LogP contribution in [0.1, 0.15) is 43.5 Å². The van der Waals surface area contributed by atoms with E-state index in [-0.39, 0.29) is 17.4 Å². The number of nitrogens with one attached hydrogen (secondary N) is 3. The SMILES string of the molecule is CCn1c(-c2ccccc2F)nc2cc(NC(C)=O)cc(C(=O)N[C@H]3CCCCNC3=O)c21. The van der Waals surface area contributed by atoms with Gasteiger partial charge >= 0.3 is 0 Å². The van der Waals surface area contributed by atoms with Crippen molar-refractivity contribution in [2.24, 2.45) is 0 Å². The van der Waals surface area contributed by atoms with Gasteiger partial charge in [0, 0.05) is 25.7 Å². The molecule has 1 aliphatic rings. The number of amides is 3. The maximum absolute atomic E-state index is 14.6. The van der Waals surface area contributed by atoms with Gasteiger partial charge in [-0.15, -0.1) is 0 Å². The Bertz CT molecular complexity index is 1240. The van der Waals surface area contributed by atoms with Crippen molar-refractivity contribution in [1.29, 1.82) is 0 Å². The van der Waals surface area contributed by atoms with E-state index in [9.17, 15) is 18.8 Å². The monoisotopic (exact) mass is 451 g/mol. The molecule has 1 atom stereocenters. The highest BCUT2D eigenvalue weighted by Gasteiger charge is 2.26. The molecule has 1 saturated heterocycles. The number of anilines is 1. The highest BCUT2D eigenvalue weighted by atomic mass is 19.1. The fourth-order valence-corrected chi connectivity index (χ4v) is 4.19. The van der Waals surface area contributed by atoms with Gasteiger partial charge in [0.1, 0.15) is 17.7 Å². The first kappa shape index (κ1) is 22.4. The average Bonchev–Trinajstić information content (AvgIpc) is 3.02. The summed E-state index contributed by atoms with van der Waals surface area (Å²) < 4.78 is 16.4. The van der Waals surface area contributed by atoms with Crippen molar-refractivity contribution in [3.63, 3.8) is 0 Å². The molecular weight excluding hydrogens is 425 g/mol. The lowest BCUT2D eigenvalue weighted by molar-refractivity contribution is -0.122. The number of benzene rings is 2. The maximum atomic E-state index is 14.6. The van der Waals surface area contributed by atoms with Crippen LogP contribution in [0, 0.1) is 5.82 Å². The van der Waals surface area contributed by atoms with Gasteiger partial charge in [-0.1, -0.05) is 12.1 Å². The predicted octanol–water partition coefficient (Wildman–Crippen LogP) is 3.22. The fourth-order valence-electron chi connectivity index (χ4n) is 4.19. The Kier molecular flexibility index (Phi) is 6.39. The minimum Gasteiger partial charge on any atom is -0.354 e. The molecule has 33 heavy (non-hydrogen) atoms. The Morgan fingerprint density at radius 1 is 1.24 bits per heavy atom. The van der Waals surface area contributed by atoms with Crippen LogP contribution in [-0.4, -0.2) is 39.9 Å². The third kappa shape index (κ3) is 4.57. The van der Waals surface area contributed by atoms with Gasteiger partial charge in [0.25, 0.3) is 5.91 Å². The first-order chi connectivity index (χ1) is 15.9. The Morgan fingerprint density at radius 3 is 2.76 bits per heavy atom. The van der Waals surface area contributed by atoms with Gasteiger partial charge in [0.2, 0.25) is 11.8 Å². The molecule has 8 nitrogen and oxygen atoms in total. The molecule has 1 aliphatic heterocycles. The lowest BCUT2D eigenvalue weighted by Crippen LogP contribution is -2.45. The molecule has 4 rings (SSSR count). The Hall–Kier alpha value is -3.75. The summed E-state index contributed by atoms with van der Waals surface area (Å²) >= 11 is 0. The topological polar surface area (TPSA) is 105 Å². The molecule has 2 heterocycles. The van der Waals surface area contributed by atoms with Crippen LogP contribution in [0.2, 0.25) is 0 Å². The average molecular weight is 452 g/mol. The van der Waals surface area contributed by atoms with Gasteiger partial charge in [0.15, 0.2) is 0 Å². The molecule has 0 saturated carbocycles. The van der Waals surface area contributed by atoms with E-state index in [0.29, 0.717) is 47.6 Å². The van der Waals surface area contributed by atoms with E-state index in [1.54, 1.807) is 34.9 Å². The largest absolute Gasteiger partial charge is 0.354 e. The number of nitrogens with zero attached hydrogens (tertiary/aromatic N) is 2. The normalized spacial score (nSPS) is 16.2. The number of hydrogen-bond donors (Lipinski definition) is 3. The number of hydrogen-bond acceptors (Lipinski definition) is 4. The van der Waals surface area contributed by atoms with Crippen molar-refractivity contribution < 1.29 is 18.8 Å². The predicted molar refractivity (Wildman–Crippen MR) is 123 cm³/mol. The molecule has 9 heteroatoms. The molecule has 0 unspecified atom stereocenters. The third-order valence-electron chi connectivity index (χ3n) is 5.68. The Morgan fingerprint density at radius 2 is 2.03 bits per heavy atom. The highest BCUT2D eigenvalue weighted by Crippen LogP contribution is 2.31. The molecule has 0 spiro atoms. The third-order valence-corrected chi connectivity index (χ3v) is 5.68. The molecule has 3 N–H and O–H groups in total. The molecular formula is C24H26FN5O3. The smallest absolute Gasteiger partial charge is 0.254 e. The van der Waals surface area contributed by atoms with Crippen LogP contribution in [0.5, 0.6) is 0 Å². The standard InChI is InChI=1S/C24H26FN5O3/c1-3-30-21-17(23(32)29-19-10-6-7-11-26-24(19)33)12-15(27-14(2)31)13-20(21)28-22(30)16-8-4-5-9-18(16)25/h4-5,8-9,12-13,19H,3,6-7,10-11H2,1-2H3,(H,26,33)(H,27,31)(H,29,32)/t19-/m0/s1. The first-order valence-electron chi connectivity index (χ1n) is 11.0. The summed E-state index contributed by atoms with van der Waals surface area (Å²) in [4.78, 5) is 42.0. The van der Waals surface area contributed by atoms with Crippen LogP contribution in [0.3, 0.4) is 0 Å². The lowest BCUT2D eigenvalue weighted by atomic mass is 10.1. The van der Waals surface area contributed by atoms with Crippen LogP contribution in [0.15, 0.2) is 36.4 Å². The van der Waals surface area contributed by atoms with Crippen LogP contribution >= 0.6 is 0 Å². The van der Waals surface area contributed by atoms with E-state index in [0.717, 1.165) is 12.8 Å². The number of fused-ring (bicyclic) bond motifs is 1. The van der Waals surface area contributed by atoms with Crippen molar-refractivity contribution in [2.45, 2.75) is 45.7 Å². The van der Waals surface area contributed by atoms with E-state index in [4.69, 9.17) is 0 Å². The zero-order valence-corrected chi connectivity index (χ0v) is 18.6. The number of imidazole rings is 1. The number of halogens is 1.